The Kier molecular flexibility index (Phi) is 4.48. The number of nitrogens with one attached hydrogen (secondary N) is 1. The lowest BCUT2D eigenvalue weighted by atomic mass is 10.4. The van der Waals surface area contributed by atoms with Gasteiger partial charge in [0, 0.05) is 25.5 Å². The van der Waals surface area contributed by atoms with Crippen LogP contribution in [-0.2, 0) is 17.9 Å². The van der Waals surface area contributed by atoms with Crippen LogP contribution in [0.15, 0.2) is 30.7 Å². The van der Waals surface area contributed by atoms with E-state index in [2.05, 4.69) is 15.6 Å². The first kappa shape index (κ1) is 13.8. The predicted molar refractivity (Wildman–Crippen MR) is 69.0 cm³/mol. The maximum absolute atomic E-state index is 11.7. The Morgan fingerprint density at radius 1 is 1.35 bits per heavy atom. The van der Waals surface area contributed by atoms with Gasteiger partial charge in [0.15, 0.2) is 0 Å². The number of carbonyl (C=O) groups excluding carboxylic acids is 1. The molecule has 1 amide bonds. The topological polar surface area (TPSA) is 102 Å². The summed E-state index contributed by atoms with van der Waals surface area (Å²) in [4.78, 5) is 22.6. The van der Waals surface area contributed by atoms with Gasteiger partial charge >= 0.3 is 5.97 Å². The van der Waals surface area contributed by atoms with E-state index in [0.717, 1.165) is 6.42 Å². The average molecular weight is 277 g/mol. The van der Waals surface area contributed by atoms with Crippen molar-refractivity contribution in [2.75, 3.05) is 6.54 Å². The third kappa shape index (κ3) is 3.67. The third-order valence-corrected chi connectivity index (χ3v) is 2.72. The Bertz CT molecular complexity index is 576. The van der Waals surface area contributed by atoms with Crippen LogP contribution >= 0.6 is 0 Å². The number of hydrogen-bond donors (Lipinski definition) is 2. The summed E-state index contributed by atoms with van der Waals surface area (Å²) < 4.78 is 3.08. The van der Waals surface area contributed by atoms with Crippen molar-refractivity contribution >= 4 is 11.9 Å². The molecule has 8 heteroatoms. The van der Waals surface area contributed by atoms with Crippen LogP contribution in [0.4, 0.5) is 0 Å². The lowest BCUT2D eigenvalue weighted by Crippen LogP contribution is -2.29. The number of rotatable bonds is 7. The molecule has 0 aliphatic heterocycles. The minimum absolute atomic E-state index is 0.00203. The van der Waals surface area contributed by atoms with Gasteiger partial charge in [-0.1, -0.05) is 5.21 Å². The average Bonchev–Trinajstić information content (AvgIpc) is 3.05. The van der Waals surface area contributed by atoms with Gasteiger partial charge in [0.1, 0.15) is 12.2 Å². The summed E-state index contributed by atoms with van der Waals surface area (Å²) in [5.74, 6) is -1.27. The second-order valence-corrected chi connectivity index (χ2v) is 4.20. The molecule has 0 radical (unpaired) electrons. The van der Waals surface area contributed by atoms with E-state index < -0.39 is 5.97 Å². The number of amides is 1. The molecule has 2 rings (SSSR count). The summed E-state index contributed by atoms with van der Waals surface area (Å²) in [5.41, 5.74) is 0.0998. The molecule has 2 aromatic heterocycles. The zero-order chi connectivity index (χ0) is 14.4. The minimum Gasteiger partial charge on any atom is -0.477 e. The van der Waals surface area contributed by atoms with E-state index in [-0.39, 0.29) is 18.1 Å². The van der Waals surface area contributed by atoms with Crippen LogP contribution in [0.3, 0.4) is 0 Å². The smallest absolute Gasteiger partial charge is 0.352 e. The van der Waals surface area contributed by atoms with Crippen molar-refractivity contribution in [3.8, 4) is 0 Å². The Morgan fingerprint density at radius 3 is 2.90 bits per heavy atom. The van der Waals surface area contributed by atoms with E-state index >= 15 is 0 Å². The number of aryl methyl sites for hydroxylation is 1. The van der Waals surface area contributed by atoms with E-state index in [1.54, 1.807) is 29.3 Å². The molecule has 106 valence electrons. The molecule has 2 aromatic rings. The number of carbonyl (C=O) groups is 2. The molecule has 0 aliphatic rings. The molecule has 20 heavy (non-hydrogen) atoms. The van der Waals surface area contributed by atoms with Gasteiger partial charge in [0.2, 0.25) is 5.91 Å². The zero-order valence-electron chi connectivity index (χ0n) is 10.8. The van der Waals surface area contributed by atoms with E-state index in [1.165, 1.54) is 10.6 Å². The number of aromatic carboxylic acids is 1. The van der Waals surface area contributed by atoms with E-state index in [0.29, 0.717) is 13.1 Å². The van der Waals surface area contributed by atoms with E-state index in [4.69, 9.17) is 5.11 Å². The summed E-state index contributed by atoms with van der Waals surface area (Å²) in [7, 11) is 0. The number of aromatic nitrogens is 4. The largest absolute Gasteiger partial charge is 0.477 e. The first-order valence-corrected chi connectivity index (χ1v) is 6.16. The van der Waals surface area contributed by atoms with Gasteiger partial charge in [-0.05, 0) is 18.6 Å². The standard InChI is InChI=1S/C12H15N5O3/c18-11(9-16-6-1-3-10(16)12(19)20)13-4-2-7-17-8-5-14-15-17/h1,3,5-6,8H,2,4,7,9H2,(H,13,18)(H,19,20). The van der Waals surface area contributed by atoms with Crippen LogP contribution in [-0.4, -0.2) is 43.1 Å². The van der Waals surface area contributed by atoms with Gasteiger partial charge in [-0.2, -0.15) is 0 Å². The number of carboxylic acids is 1. The van der Waals surface area contributed by atoms with Crippen LogP contribution in [0.1, 0.15) is 16.9 Å². The summed E-state index contributed by atoms with van der Waals surface area (Å²) in [6, 6.07) is 3.06. The Labute approximate surface area is 115 Å². The zero-order valence-corrected chi connectivity index (χ0v) is 10.8. The first-order chi connectivity index (χ1) is 9.66. The summed E-state index contributed by atoms with van der Waals surface area (Å²) >= 11 is 0. The second kappa shape index (κ2) is 6.50. The Balaban J connectivity index is 1.72. The van der Waals surface area contributed by atoms with Crippen molar-refractivity contribution in [3.63, 3.8) is 0 Å². The highest BCUT2D eigenvalue weighted by Crippen LogP contribution is 2.01. The monoisotopic (exact) mass is 277 g/mol. The SMILES string of the molecule is O=C(Cn1cccc1C(=O)O)NCCCn1ccnn1. The third-order valence-electron chi connectivity index (χ3n) is 2.72. The fraction of sp³-hybridized carbons (Fsp3) is 0.333. The molecule has 2 N–H and O–H groups in total. The molecule has 8 nitrogen and oxygen atoms in total. The molecule has 0 spiro atoms. The Hall–Kier alpha value is -2.64. The molecule has 0 atom stereocenters. The molecule has 0 unspecified atom stereocenters. The minimum atomic E-state index is -1.05. The van der Waals surface area contributed by atoms with Crippen molar-refractivity contribution in [2.24, 2.45) is 0 Å². The van der Waals surface area contributed by atoms with Gasteiger partial charge in [-0.3, -0.25) is 9.48 Å². The maximum Gasteiger partial charge on any atom is 0.352 e. The number of hydrogen-bond acceptors (Lipinski definition) is 4. The molecular formula is C12H15N5O3. The predicted octanol–water partition coefficient (Wildman–Crippen LogP) is -0.0157. The Morgan fingerprint density at radius 2 is 2.20 bits per heavy atom. The second-order valence-electron chi connectivity index (χ2n) is 4.20. The molecule has 0 aromatic carbocycles. The first-order valence-electron chi connectivity index (χ1n) is 6.16. The lowest BCUT2D eigenvalue weighted by Gasteiger charge is -2.07. The van der Waals surface area contributed by atoms with Crippen molar-refractivity contribution < 1.29 is 14.7 Å². The van der Waals surface area contributed by atoms with Crippen molar-refractivity contribution in [3.05, 3.63) is 36.4 Å². The molecular weight excluding hydrogens is 262 g/mol. The fourth-order valence-corrected chi connectivity index (χ4v) is 1.78. The van der Waals surface area contributed by atoms with Gasteiger partial charge in [0.05, 0.1) is 6.20 Å². The highest BCUT2D eigenvalue weighted by atomic mass is 16.4. The molecule has 0 fully saturated rings. The van der Waals surface area contributed by atoms with Crippen molar-refractivity contribution in [2.45, 2.75) is 19.5 Å². The normalized spacial score (nSPS) is 10.4. The quantitative estimate of drug-likeness (QED) is 0.693. The van der Waals surface area contributed by atoms with Crippen LogP contribution in [0.25, 0.3) is 0 Å². The van der Waals surface area contributed by atoms with Gasteiger partial charge in [-0.25, -0.2) is 4.79 Å². The lowest BCUT2D eigenvalue weighted by molar-refractivity contribution is -0.121. The van der Waals surface area contributed by atoms with Crippen molar-refractivity contribution in [1.29, 1.82) is 0 Å². The van der Waals surface area contributed by atoms with Gasteiger partial charge < -0.3 is 15.0 Å². The molecule has 0 saturated heterocycles. The molecule has 0 aliphatic carbocycles. The summed E-state index contributed by atoms with van der Waals surface area (Å²) in [6.45, 7) is 1.17. The van der Waals surface area contributed by atoms with Crippen LogP contribution in [0.2, 0.25) is 0 Å². The molecule has 0 saturated carbocycles. The number of carboxylic acid groups (broad SMARTS) is 1. The van der Waals surface area contributed by atoms with Crippen LogP contribution < -0.4 is 5.32 Å². The highest BCUT2D eigenvalue weighted by Gasteiger charge is 2.11. The summed E-state index contributed by atoms with van der Waals surface area (Å²) in [5, 5.41) is 19.1. The summed E-state index contributed by atoms with van der Waals surface area (Å²) in [6.07, 6.45) is 5.64. The highest BCUT2D eigenvalue weighted by molar-refractivity contribution is 5.86. The van der Waals surface area contributed by atoms with Gasteiger partial charge in [0.25, 0.3) is 0 Å². The van der Waals surface area contributed by atoms with Crippen LogP contribution in [0, 0.1) is 0 Å². The molecule has 2 heterocycles. The number of nitrogens with zero attached hydrogens (tertiary/aromatic N) is 4. The fourth-order valence-electron chi connectivity index (χ4n) is 1.78. The van der Waals surface area contributed by atoms with Crippen LogP contribution in [0.5, 0.6) is 0 Å². The maximum atomic E-state index is 11.7. The van der Waals surface area contributed by atoms with Crippen molar-refractivity contribution in [1.82, 2.24) is 24.9 Å². The van der Waals surface area contributed by atoms with E-state index in [9.17, 15) is 9.59 Å². The van der Waals surface area contributed by atoms with Gasteiger partial charge in [-0.15, -0.1) is 5.10 Å². The molecule has 0 bridgehead atoms. The van der Waals surface area contributed by atoms with E-state index in [1.807, 2.05) is 0 Å².